The molecule has 1 aliphatic rings. The lowest BCUT2D eigenvalue weighted by Crippen LogP contribution is -2.45. The summed E-state index contributed by atoms with van der Waals surface area (Å²) >= 11 is 0. The van der Waals surface area contributed by atoms with Crippen molar-refractivity contribution in [3.8, 4) is 0 Å². The smallest absolute Gasteiger partial charge is 0.324 e. The summed E-state index contributed by atoms with van der Waals surface area (Å²) in [7, 11) is 0. The Morgan fingerprint density at radius 3 is 2.42 bits per heavy atom. The Balaban J connectivity index is 2.12. The van der Waals surface area contributed by atoms with Gasteiger partial charge < -0.3 is 10.6 Å². The second-order valence-electron chi connectivity index (χ2n) is 8.60. The summed E-state index contributed by atoms with van der Waals surface area (Å²) in [6.45, 7) is 11.6. The average molecular weight is 359 g/mol. The molecule has 1 aromatic rings. The summed E-state index contributed by atoms with van der Waals surface area (Å²) in [6, 6.07) is 7.04. The molecule has 0 radical (unpaired) electrons. The van der Waals surface area contributed by atoms with Gasteiger partial charge in [0, 0.05) is 5.69 Å². The molecular formula is C20H29N3O3. The van der Waals surface area contributed by atoms with Crippen LogP contribution in [0.2, 0.25) is 0 Å². The summed E-state index contributed by atoms with van der Waals surface area (Å²) in [6.07, 6.45) is 0.530. The van der Waals surface area contributed by atoms with Crippen molar-refractivity contribution < 1.29 is 14.4 Å². The first-order valence-electron chi connectivity index (χ1n) is 8.97. The molecule has 1 atom stereocenters. The second kappa shape index (κ2) is 7.09. The molecule has 1 saturated heterocycles. The Morgan fingerprint density at radius 2 is 1.85 bits per heavy atom. The zero-order chi connectivity index (χ0) is 19.7. The minimum absolute atomic E-state index is 0.138. The van der Waals surface area contributed by atoms with Gasteiger partial charge in [0.2, 0.25) is 5.91 Å². The Kier molecular flexibility index (Phi) is 5.44. The number of hydrogen-bond acceptors (Lipinski definition) is 3. The van der Waals surface area contributed by atoms with Crippen molar-refractivity contribution in [2.24, 2.45) is 5.92 Å². The fourth-order valence-corrected chi connectivity index (χ4v) is 3.42. The van der Waals surface area contributed by atoms with Crippen LogP contribution < -0.4 is 10.6 Å². The van der Waals surface area contributed by atoms with E-state index in [-0.39, 0.29) is 29.7 Å². The Hall–Kier alpha value is -2.37. The van der Waals surface area contributed by atoms with Crippen LogP contribution in [0, 0.1) is 5.92 Å². The number of urea groups is 1. The van der Waals surface area contributed by atoms with Gasteiger partial charge in [-0.3, -0.25) is 14.5 Å². The largest absolute Gasteiger partial charge is 0.325 e. The van der Waals surface area contributed by atoms with Crippen LogP contribution in [0.15, 0.2) is 24.3 Å². The van der Waals surface area contributed by atoms with Crippen molar-refractivity contribution in [2.45, 2.75) is 58.9 Å². The van der Waals surface area contributed by atoms with Gasteiger partial charge in [-0.1, -0.05) is 52.8 Å². The van der Waals surface area contributed by atoms with Gasteiger partial charge in [0.1, 0.15) is 12.1 Å². The van der Waals surface area contributed by atoms with E-state index >= 15 is 0 Å². The first kappa shape index (κ1) is 19.9. The van der Waals surface area contributed by atoms with Crippen molar-refractivity contribution in [1.82, 2.24) is 10.2 Å². The Labute approximate surface area is 155 Å². The summed E-state index contributed by atoms with van der Waals surface area (Å²) in [5.41, 5.74) is 0.604. The summed E-state index contributed by atoms with van der Waals surface area (Å²) < 4.78 is 0. The molecule has 2 rings (SSSR count). The third-order valence-electron chi connectivity index (χ3n) is 4.47. The highest BCUT2D eigenvalue weighted by Crippen LogP contribution is 2.29. The number of carbonyl (C=O) groups is 3. The van der Waals surface area contributed by atoms with E-state index in [0.717, 1.165) is 10.5 Å². The number of carbonyl (C=O) groups excluding carboxylic acids is 3. The van der Waals surface area contributed by atoms with Crippen LogP contribution >= 0.6 is 0 Å². The van der Waals surface area contributed by atoms with E-state index in [9.17, 15) is 14.4 Å². The first-order chi connectivity index (χ1) is 11.9. The van der Waals surface area contributed by atoms with Gasteiger partial charge in [0.05, 0.1) is 0 Å². The molecular weight excluding hydrogens is 330 g/mol. The van der Waals surface area contributed by atoms with Gasteiger partial charge in [-0.25, -0.2) is 4.79 Å². The molecule has 142 valence electrons. The van der Waals surface area contributed by atoms with E-state index in [1.54, 1.807) is 6.92 Å². The summed E-state index contributed by atoms with van der Waals surface area (Å²) in [5, 5.41) is 5.56. The third kappa shape index (κ3) is 4.23. The first-order valence-corrected chi connectivity index (χ1v) is 8.97. The van der Waals surface area contributed by atoms with Gasteiger partial charge in [0.15, 0.2) is 0 Å². The van der Waals surface area contributed by atoms with Crippen molar-refractivity contribution >= 4 is 23.5 Å². The number of nitrogens with one attached hydrogen (secondary N) is 2. The zero-order valence-electron chi connectivity index (χ0n) is 16.5. The highest BCUT2D eigenvalue weighted by molar-refractivity contribution is 6.10. The third-order valence-corrected chi connectivity index (χ3v) is 4.47. The molecule has 0 aliphatic carbocycles. The topological polar surface area (TPSA) is 78.5 Å². The molecule has 1 unspecified atom stereocenters. The van der Waals surface area contributed by atoms with E-state index in [1.807, 2.05) is 38.1 Å². The molecule has 6 nitrogen and oxygen atoms in total. The maximum atomic E-state index is 12.6. The number of benzene rings is 1. The fraction of sp³-hybridized carbons (Fsp3) is 0.550. The SMILES string of the molecule is CC(C)CC1(C)NC(=O)N(CC(=O)Nc2ccccc2C(C)(C)C)C1=O. The van der Waals surface area contributed by atoms with E-state index in [4.69, 9.17) is 0 Å². The summed E-state index contributed by atoms with van der Waals surface area (Å²) in [4.78, 5) is 38.3. The maximum Gasteiger partial charge on any atom is 0.325 e. The Morgan fingerprint density at radius 1 is 1.23 bits per heavy atom. The molecule has 1 aromatic carbocycles. The van der Waals surface area contributed by atoms with Gasteiger partial charge in [-0.15, -0.1) is 0 Å². The molecule has 4 amide bonds. The molecule has 26 heavy (non-hydrogen) atoms. The Bertz CT molecular complexity index is 721. The van der Waals surface area contributed by atoms with Crippen LogP contribution in [-0.2, 0) is 15.0 Å². The quantitative estimate of drug-likeness (QED) is 0.792. The lowest BCUT2D eigenvalue weighted by atomic mass is 9.86. The molecule has 0 spiro atoms. The second-order valence-corrected chi connectivity index (χ2v) is 8.60. The maximum absolute atomic E-state index is 12.6. The van der Waals surface area contributed by atoms with E-state index < -0.39 is 11.6 Å². The molecule has 6 heteroatoms. The fourth-order valence-electron chi connectivity index (χ4n) is 3.42. The van der Waals surface area contributed by atoms with Crippen LogP contribution in [0.4, 0.5) is 10.5 Å². The summed E-state index contributed by atoms with van der Waals surface area (Å²) in [5.74, 6) is -0.494. The molecule has 0 bridgehead atoms. The number of anilines is 1. The van der Waals surface area contributed by atoms with Gasteiger partial charge in [0.25, 0.3) is 5.91 Å². The number of rotatable bonds is 5. The molecule has 0 aromatic heterocycles. The van der Waals surface area contributed by atoms with Crippen LogP contribution in [0.1, 0.15) is 53.5 Å². The minimum Gasteiger partial charge on any atom is -0.324 e. The van der Waals surface area contributed by atoms with Gasteiger partial charge >= 0.3 is 6.03 Å². The monoisotopic (exact) mass is 359 g/mol. The van der Waals surface area contributed by atoms with Crippen LogP contribution in [0.3, 0.4) is 0 Å². The highest BCUT2D eigenvalue weighted by atomic mass is 16.2. The standard InChI is InChI=1S/C20H29N3O3/c1-13(2)11-20(6)17(25)23(18(26)22-20)12-16(24)21-15-10-8-7-9-14(15)19(3,4)5/h7-10,13H,11-12H2,1-6H3,(H,21,24)(H,22,26). The van der Waals surface area contributed by atoms with Gasteiger partial charge in [-0.2, -0.15) is 0 Å². The molecule has 0 saturated carbocycles. The number of nitrogens with zero attached hydrogens (tertiary/aromatic N) is 1. The van der Waals surface area contributed by atoms with Gasteiger partial charge in [-0.05, 0) is 36.3 Å². The van der Waals surface area contributed by atoms with E-state index in [0.29, 0.717) is 12.1 Å². The molecule has 1 aliphatic heterocycles. The predicted octanol–water partition coefficient (Wildman–Crippen LogP) is 3.28. The zero-order valence-corrected chi connectivity index (χ0v) is 16.5. The molecule has 2 N–H and O–H groups in total. The van der Waals surface area contributed by atoms with Crippen molar-refractivity contribution in [1.29, 1.82) is 0 Å². The van der Waals surface area contributed by atoms with Crippen molar-refractivity contribution in [3.05, 3.63) is 29.8 Å². The highest BCUT2D eigenvalue weighted by Gasteiger charge is 2.48. The van der Waals surface area contributed by atoms with E-state index in [2.05, 4.69) is 31.4 Å². The van der Waals surface area contributed by atoms with Crippen LogP contribution in [0.5, 0.6) is 0 Å². The average Bonchev–Trinajstić information content (AvgIpc) is 2.69. The predicted molar refractivity (Wildman–Crippen MR) is 102 cm³/mol. The lowest BCUT2D eigenvalue weighted by molar-refractivity contribution is -0.133. The van der Waals surface area contributed by atoms with Crippen molar-refractivity contribution in [3.63, 3.8) is 0 Å². The van der Waals surface area contributed by atoms with Crippen LogP contribution in [0.25, 0.3) is 0 Å². The van der Waals surface area contributed by atoms with Crippen molar-refractivity contribution in [2.75, 3.05) is 11.9 Å². The molecule has 1 fully saturated rings. The number of hydrogen-bond donors (Lipinski definition) is 2. The van der Waals surface area contributed by atoms with E-state index in [1.165, 1.54) is 0 Å². The normalized spacial score (nSPS) is 20.5. The molecule has 1 heterocycles. The number of amides is 4. The van der Waals surface area contributed by atoms with Crippen LogP contribution in [-0.4, -0.2) is 34.8 Å². The number of imide groups is 1. The minimum atomic E-state index is -0.950. The lowest BCUT2D eigenvalue weighted by Gasteiger charge is -2.24. The number of para-hydroxylation sites is 1.